The fourth-order valence-corrected chi connectivity index (χ4v) is 5.05. The van der Waals surface area contributed by atoms with Gasteiger partial charge in [-0.1, -0.05) is 12.8 Å². The molecule has 2 unspecified atom stereocenters. The summed E-state index contributed by atoms with van der Waals surface area (Å²) < 4.78 is 10.9. The Labute approximate surface area is 173 Å². The average molecular weight is 399 g/mol. The maximum absolute atomic E-state index is 5.52. The molecule has 0 spiro atoms. The van der Waals surface area contributed by atoms with Gasteiger partial charge in [0.25, 0.3) is 0 Å². The summed E-state index contributed by atoms with van der Waals surface area (Å²) in [5.41, 5.74) is 2.27. The molecule has 158 valence electrons. The van der Waals surface area contributed by atoms with Crippen molar-refractivity contribution >= 4 is 16.9 Å². The Balaban J connectivity index is 1.31. The zero-order chi connectivity index (χ0) is 20.2. The molecule has 29 heavy (non-hydrogen) atoms. The number of guanidine groups is 1. The van der Waals surface area contributed by atoms with Gasteiger partial charge in [-0.3, -0.25) is 4.99 Å². The van der Waals surface area contributed by atoms with Crippen molar-refractivity contribution in [3.8, 4) is 11.5 Å². The number of nitrogens with zero attached hydrogens (tertiary/aromatic N) is 2. The minimum Gasteiger partial charge on any atom is -0.497 e. The SMILES string of the molecule is CN=C(NCCCc1cc2c(OC)cc(OC)cc2[nH]1)N1CC2CCCCC2C1. The first-order valence-corrected chi connectivity index (χ1v) is 10.9. The van der Waals surface area contributed by atoms with Gasteiger partial charge in [0.2, 0.25) is 0 Å². The Bertz CT molecular complexity index is 846. The molecule has 1 saturated heterocycles. The van der Waals surface area contributed by atoms with E-state index in [0.29, 0.717) is 0 Å². The molecule has 2 aliphatic rings. The number of hydrogen-bond donors (Lipinski definition) is 2. The molecule has 1 aromatic heterocycles. The van der Waals surface area contributed by atoms with Crippen molar-refractivity contribution in [2.75, 3.05) is 40.9 Å². The predicted molar refractivity (Wildman–Crippen MR) is 118 cm³/mol. The van der Waals surface area contributed by atoms with E-state index in [0.717, 1.165) is 59.6 Å². The van der Waals surface area contributed by atoms with Gasteiger partial charge in [-0.15, -0.1) is 0 Å². The molecule has 0 bridgehead atoms. The molecule has 4 rings (SSSR count). The second kappa shape index (κ2) is 8.97. The molecule has 2 atom stereocenters. The fraction of sp³-hybridized carbons (Fsp3) is 0.609. The van der Waals surface area contributed by atoms with E-state index in [1.807, 2.05) is 19.2 Å². The van der Waals surface area contributed by atoms with Crippen LogP contribution in [0, 0.1) is 11.8 Å². The number of aryl methyl sites for hydroxylation is 1. The van der Waals surface area contributed by atoms with Crippen molar-refractivity contribution in [3.05, 3.63) is 23.9 Å². The molecule has 2 heterocycles. The highest BCUT2D eigenvalue weighted by molar-refractivity contribution is 5.88. The molecule has 0 radical (unpaired) electrons. The number of aliphatic imine (C=N–C) groups is 1. The van der Waals surface area contributed by atoms with Crippen LogP contribution >= 0.6 is 0 Å². The number of ether oxygens (including phenoxy) is 2. The monoisotopic (exact) mass is 398 g/mol. The van der Waals surface area contributed by atoms with Crippen LogP contribution in [0.15, 0.2) is 23.2 Å². The van der Waals surface area contributed by atoms with Crippen molar-refractivity contribution in [2.24, 2.45) is 16.8 Å². The summed E-state index contributed by atoms with van der Waals surface area (Å²) in [5, 5.41) is 4.69. The van der Waals surface area contributed by atoms with Crippen molar-refractivity contribution in [1.82, 2.24) is 15.2 Å². The topological polar surface area (TPSA) is 61.9 Å². The number of methoxy groups -OCH3 is 2. The Morgan fingerprint density at radius 3 is 2.55 bits per heavy atom. The number of aromatic nitrogens is 1. The van der Waals surface area contributed by atoms with Crippen LogP contribution in [0.5, 0.6) is 11.5 Å². The second-order valence-corrected chi connectivity index (χ2v) is 8.37. The molecule has 2 aromatic rings. The molecular weight excluding hydrogens is 364 g/mol. The molecule has 2 N–H and O–H groups in total. The van der Waals surface area contributed by atoms with Crippen LogP contribution in [0.3, 0.4) is 0 Å². The Kier molecular flexibility index (Phi) is 6.16. The molecule has 1 aliphatic carbocycles. The summed E-state index contributed by atoms with van der Waals surface area (Å²) >= 11 is 0. The normalized spacial score (nSPS) is 22.0. The number of fused-ring (bicyclic) bond motifs is 2. The average Bonchev–Trinajstić information content (AvgIpc) is 3.36. The summed E-state index contributed by atoms with van der Waals surface area (Å²) in [6, 6.07) is 6.14. The third-order valence-electron chi connectivity index (χ3n) is 6.58. The van der Waals surface area contributed by atoms with E-state index < -0.39 is 0 Å². The molecule has 6 nitrogen and oxygen atoms in total. The third kappa shape index (κ3) is 4.31. The number of aromatic amines is 1. The van der Waals surface area contributed by atoms with Gasteiger partial charge in [0.15, 0.2) is 5.96 Å². The summed E-state index contributed by atoms with van der Waals surface area (Å²) in [4.78, 5) is 10.5. The van der Waals surface area contributed by atoms with Gasteiger partial charge in [-0.05, 0) is 43.6 Å². The minimum absolute atomic E-state index is 0.805. The van der Waals surface area contributed by atoms with E-state index >= 15 is 0 Å². The van der Waals surface area contributed by atoms with E-state index in [2.05, 4.69) is 26.3 Å². The van der Waals surface area contributed by atoms with Crippen LogP contribution in [0.25, 0.3) is 10.9 Å². The van der Waals surface area contributed by atoms with Crippen molar-refractivity contribution in [3.63, 3.8) is 0 Å². The maximum atomic E-state index is 5.52. The highest BCUT2D eigenvalue weighted by Crippen LogP contribution is 2.36. The van der Waals surface area contributed by atoms with Gasteiger partial charge < -0.3 is 24.7 Å². The molecule has 1 aromatic carbocycles. The second-order valence-electron chi connectivity index (χ2n) is 8.37. The van der Waals surface area contributed by atoms with Gasteiger partial charge in [0, 0.05) is 49.9 Å². The molecule has 1 aliphatic heterocycles. The minimum atomic E-state index is 0.805. The van der Waals surface area contributed by atoms with Gasteiger partial charge >= 0.3 is 0 Å². The van der Waals surface area contributed by atoms with Gasteiger partial charge in [0.1, 0.15) is 11.5 Å². The van der Waals surface area contributed by atoms with Crippen LogP contribution in [0.2, 0.25) is 0 Å². The number of nitrogens with one attached hydrogen (secondary N) is 2. The first-order chi connectivity index (χ1) is 14.2. The van der Waals surface area contributed by atoms with Crippen molar-refractivity contribution in [1.29, 1.82) is 0 Å². The summed E-state index contributed by atoms with van der Waals surface area (Å²) in [7, 11) is 5.28. The van der Waals surface area contributed by atoms with Crippen molar-refractivity contribution < 1.29 is 9.47 Å². The molecule has 0 amide bonds. The molecule has 2 fully saturated rings. The highest BCUT2D eigenvalue weighted by Gasteiger charge is 2.35. The molecular formula is C23H34N4O2. The standard InChI is InChI=1S/C23H34N4O2/c1-24-23(27-14-16-7-4-5-8-17(16)15-27)25-10-6-9-18-11-20-21(26-18)12-19(28-2)13-22(20)29-3/h11-13,16-17,26H,4-10,14-15H2,1-3H3,(H,24,25). The van der Waals surface area contributed by atoms with E-state index in [1.54, 1.807) is 14.2 Å². The van der Waals surface area contributed by atoms with E-state index in [9.17, 15) is 0 Å². The largest absolute Gasteiger partial charge is 0.497 e. The van der Waals surface area contributed by atoms with E-state index in [4.69, 9.17) is 9.47 Å². The van der Waals surface area contributed by atoms with Gasteiger partial charge in [0.05, 0.1) is 19.7 Å². The lowest BCUT2D eigenvalue weighted by Crippen LogP contribution is -2.40. The first-order valence-electron chi connectivity index (χ1n) is 10.9. The molecule has 1 saturated carbocycles. The quantitative estimate of drug-likeness (QED) is 0.441. The Morgan fingerprint density at radius 2 is 1.90 bits per heavy atom. The zero-order valence-electron chi connectivity index (χ0n) is 18.0. The number of benzene rings is 1. The lowest BCUT2D eigenvalue weighted by molar-refractivity contribution is 0.299. The van der Waals surface area contributed by atoms with Crippen LogP contribution in [-0.2, 0) is 6.42 Å². The van der Waals surface area contributed by atoms with Crippen LogP contribution < -0.4 is 14.8 Å². The smallest absolute Gasteiger partial charge is 0.193 e. The van der Waals surface area contributed by atoms with E-state index in [1.165, 1.54) is 44.5 Å². The highest BCUT2D eigenvalue weighted by atomic mass is 16.5. The van der Waals surface area contributed by atoms with Crippen LogP contribution in [0.4, 0.5) is 0 Å². The Morgan fingerprint density at radius 1 is 1.14 bits per heavy atom. The van der Waals surface area contributed by atoms with E-state index in [-0.39, 0.29) is 0 Å². The summed E-state index contributed by atoms with van der Waals surface area (Å²) in [6.07, 6.45) is 7.63. The van der Waals surface area contributed by atoms with Crippen LogP contribution in [-0.4, -0.2) is 56.7 Å². The lowest BCUT2D eigenvalue weighted by Gasteiger charge is -2.22. The Hall–Kier alpha value is -2.37. The van der Waals surface area contributed by atoms with Crippen LogP contribution in [0.1, 0.15) is 37.8 Å². The zero-order valence-corrected chi connectivity index (χ0v) is 18.0. The summed E-state index contributed by atoms with van der Waals surface area (Å²) in [6.45, 7) is 3.27. The van der Waals surface area contributed by atoms with Crippen molar-refractivity contribution in [2.45, 2.75) is 38.5 Å². The molecule has 6 heteroatoms. The summed E-state index contributed by atoms with van der Waals surface area (Å²) in [5.74, 6) is 4.47. The number of hydrogen-bond acceptors (Lipinski definition) is 3. The first kappa shape index (κ1) is 19.9. The number of rotatable bonds is 6. The lowest BCUT2D eigenvalue weighted by atomic mass is 9.82. The number of likely N-dealkylation sites (tertiary alicyclic amines) is 1. The number of H-pyrrole nitrogens is 1. The maximum Gasteiger partial charge on any atom is 0.193 e. The van der Waals surface area contributed by atoms with Gasteiger partial charge in [-0.25, -0.2) is 0 Å². The third-order valence-corrected chi connectivity index (χ3v) is 6.58. The predicted octanol–water partition coefficient (Wildman–Crippen LogP) is 3.82. The van der Waals surface area contributed by atoms with Gasteiger partial charge in [-0.2, -0.15) is 0 Å². The fourth-order valence-electron chi connectivity index (χ4n) is 5.05.